The summed E-state index contributed by atoms with van der Waals surface area (Å²) in [5, 5.41) is 11.5. The molecule has 1 amide bonds. The van der Waals surface area contributed by atoms with Crippen LogP contribution in [-0.2, 0) is 11.3 Å². The van der Waals surface area contributed by atoms with Gasteiger partial charge in [0.2, 0.25) is 11.8 Å². The Labute approximate surface area is 154 Å². The fraction of sp³-hybridized carbons (Fsp3) is 0.167. The smallest absolute Gasteiger partial charge is 0.277 e. The van der Waals surface area contributed by atoms with Crippen LogP contribution in [0.1, 0.15) is 12.5 Å². The Morgan fingerprint density at radius 2 is 1.88 bits per heavy atom. The molecule has 0 saturated heterocycles. The van der Waals surface area contributed by atoms with Crippen molar-refractivity contribution in [3.63, 3.8) is 0 Å². The van der Waals surface area contributed by atoms with E-state index in [-0.39, 0.29) is 11.2 Å². The van der Waals surface area contributed by atoms with Crippen molar-refractivity contribution >= 4 is 29.3 Å². The highest BCUT2D eigenvalue weighted by atomic mass is 35.5. The highest BCUT2D eigenvalue weighted by Crippen LogP contribution is 2.26. The van der Waals surface area contributed by atoms with Gasteiger partial charge < -0.3 is 9.73 Å². The van der Waals surface area contributed by atoms with Crippen LogP contribution in [-0.4, -0.2) is 21.4 Å². The summed E-state index contributed by atoms with van der Waals surface area (Å²) in [5.74, 6) is 0.316. The summed E-state index contributed by atoms with van der Waals surface area (Å²) in [6.45, 7) is 2.17. The van der Waals surface area contributed by atoms with Gasteiger partial charge in [-0.25, -0.2) is 0 Å². The maximum absolute atomic E-state index is 12.2. The van der Waals surface area contributed by atoms with Gasteiger partial charge in [0, 0.05) is 17.1 Å². The average Bonchev–Trinajstić information content (AvgIpc) is 3.10. The van der Waals surface area contributed by atoms with Crippen LogP contribution in [0, 0.1) is 0 Å². The lowest BCUT2D eigenvalue weighted by Crippen LogP contribution is -2.30. The molecule has 3 aromatic rings. The van der Waals surface area contributed by atoms with Gasteiger partial charge in [0.1, 0.15) is 0 Å². The normalized spacial score (nSPS) is 11.9. The first kappa shape index (κ1) is 17.5. The van der Waals surface area contributed by atoms with Gasteiger partial charge in [-0.2, -0.15) is 0 Å². The zero-order chi connectivity index (χ0) is 17.6. The molecule has 0 aliphatic carbocycles. The van der Waals surface area contributed by atoms with Crippen LogP contribution in [0.15, 0.2) is 64.2 Å². The molecule has 1 heterocycles. The molecule has 0 bridgehead atoms. The van der Waals surface area contributed by atoms with Gasteiger partial charge in [-0.1, -0.05) is 59.8 Å². The standard InChI is InChI=1S/C18H16ClN3O2S/c1-12(16(23)20-11-14-9-5-6-10-15(14)19)25-18-22-21-17(24-18)13-7-3-2-4-8-13/h2-10,12H,11H2,1H3,(H,20,23). The van der Waals surface area contributed by atoms with E-state index >= 15 is 0 Å². The van der Waals surface area contributed by atoms with Crippen LogP contribution < -0.4 is 5.32 Å². The number of nitrogens with zero attached hydrogens (tertiary/aromatic N) is 2. The monoisotopic (exact) mass is 373 g/mol. The topological polar surface area (TPSA) is 68.0 Å². The minimum atomic E-state index is -0.369. The van der Waals surface area contributed by atoms with Gasteiger partial charge in [0.05, 0.1) is 5.25 Å². The zero-order valence-corrected chi connectivity index (χ0v) is 15.1. The lowest BCUT2D eigenvalue weighted by Gasteiger charge is -2.10. The van der Waals surface area contributed by atoms with Crippen molar-refractivity contribution in [1.29, 1.82) is 0 Å². The molecular weight excluding hydrogens is 358 g/mol. The third-order valence-electron chi connectivity index (χ3n) is 3.48. The highest BCUT2D eigenvalue weighted by Gasteiger charge is 2.18. The van der Waals surface area contributed by atoms with E-state index in [4.69, 9.17) is 16.0 Å². The largest absolute Gasteiger partial charge is 0.411 e. The Bertz CT molecular complexity index is 854. The molecule has 0 spiro atoms. The minimum Gasteiger partial charge on any atom is -0.411 e. The van der Waals surface area contributed by atoms with E-state index in [1.165, 1.54) is 11.8 Å². The van der Waals surface area contributed by atoms with Gasteiger partial charge in [-0.05, 0) is 30.7 Å². The van der Waals surface area contributed by atoms with Crippen LogP contribution in [0.5, 0.6) is 0 Å². The molecule has 0 aliphatic rings. The maximum atomic E-state index is 12.2. The van der Waals surface area contributed by atoms with Gasteiger partial charge in [0.25, 0.3) is 5.22 Å². The van der Waals surface area contributed by atoms with Crippen LogP contribution in [0.3, 0.4) is 0 Å². The van der Waals surface area contributed by atoms with E-state index in [2.05, 4.69) is 15.5 Å². The number of aromatic nitrogens is 2. The number of halogens is 1. The number of amides is 1. The number of nitrogens with one attached hydrogen (secondary N) is 1. The molecular formula is C18H16ClN3O2S. The summed E-state index contributed by atoms with van der Waals surface area (Å²) < 4.78 is 5.61. The lowest BCUT2D eigenvalue weighted by molar-refractivity contribution is -0.120. The summed E-state index contributed by atoms with van der Waals surface area (Å²) in [6.07, 6.45) is 0. The summed E-state index contributed by atoms with van der Waals surface area (Å²) in [5.41, 5.74) is 1.72. The van der Waals surface area contributed by atoms with E-state index < -0.39 is 0 Å². The van der Waals surface area contributed by atoms with Gasteiger partial charge >= 0.3 is 0 Å². The second kappa shape index (κ2) is 8.18. The fourth-order valence-electron chi connectivity index (χ4n) is 2.13. The van der Waals surface area contributed by atoms with Crippen molar-refractivity contribution in [2.24, 2.45) is 0 Å². The molecule has 1 N–H and O–H groups in total. The van der Waals surface area contributed by atoms with Crippen LogP contribution in [0.4, 0.5) is 0 Å². The highest BCUT2D eigenvalue weighted by molar-refractivity contribution is 8.00. The van der Waals surface area contributed by atoms with Crippen LogP contribution >= 0.6 is 23.4 Å². The van der Waals surface area contributed by atoms with Crippen molar-refractivity contribution < 1.29 is 9.21 Å². The third-order valence-corrected chi connectivity index (χ3v) is 4.79. The van der Waals surface area contributed by atoms with E-state index in [1.54, 1.807) is 13.0 Å². The molecule has 3 rings (SSSR count). The second-order valence-corrected chi connectivity index (χ2v) is 7.01. The summed E-state index contributed by atoms with van der Waals surface area (Å²) in [4.78, 5) is 12.2. The Morgan fingerprint density at radius 3 is 2.64 bits per heavy atom. The molecule has 128 valence electrons. The maximum Gasteiger partial charge on any atom is 0.277 e. The summed E-state index contributed by atoms with van der Waals surface area (Å²) in [6, 6.07) is 16.9. The van der Waals surface area contributed by atoms with Gasteiger partial charge in [-0.15, -0.1) is 10.2 Å². The third kappa shape index (κ3) is 4.61. The molecule has 0 saturated carbocycles. The molecule has 25 heavy (non-hydrogen) atoms. The summed E-state index contributed by atoms with van der Waals surface area (Å²) in [7, 11) is 0. The van der Waals surface area contributed by atoms with Crippen molar-refractivity contribution in [1.82, 2.24) is 15.5 Å². The molecule has 7 heteroatoms. The van der Waals surface area contributed by atoms with Crippen molar-refractivity contribution in [2.45, 2.75) is 23.9 Å². The van der Waals surface area contributed by atoms with Gasteiger partial charge in [-0.3, -0.25) is 4.79 Å². The second-order valence-electron chi connectivity index (χ2n) is 5.31. The average molecular weight is 374 g/mol. The van der Waals surface area contributed by atoms with Gasteiger partial charge in [0.15, 0.2) is 0 Å². The summed E-state index contributed by atoms with van der Waals surface area (Å²) >= 11 is 7.31. The Morgan fingerprint density at radius 1 is 1.16 bits per heavy atom. The molecule has 0 fully saturated rings. The zero-order valence-electron chi connectivity index (χ0n) is 13.5. The fourth-order valence-corrected chi connectivity index (χ4v) is 3.04. The number of benzene rings is 2. The molecule has 5 nitrogen and oxygen atoms in total. The van der Waals surface area contributed by atoms with Crippen LogP contribution in [0.2, 0.25) is 5.02 Å². The number of carbonyl (C=O) groups is 1. The van der Waals surface area contributed by atoms with Crippen molar-refractivity contribution in [3.8, 4) is 11.5 Å². The quantitative estimate of drug-likeness (QED) is 0.656. The number of carbonyl (C=O) groups excluding carboxylic acids is 1. The first-order valence-corrected chi connectivity index (χ1v) is 8.96. The van der Waals surface area contributed by atoms with Crippen molar-refractivity contribution in [2.75, 3.05) is 0 Å². The van der Waals surface area contributed by atoms with E-state index in [9.17, 15) is 4.79 Å². The number of hydrogen-bond acceptors (Lipinski definition) is 5. The minimum absolute atomic E-state index is 0.121. The first-order chi connectivity index (χ1) is 12.1. The molecule has 2 aromatic carbocycles. The first-order valence-electron chi connectivity index (χ1n) is 7.70. The van der Waals surface area contributed by atoms with E-state index in [0.717, 1.165) is 11.1 Å². The molecule has 0 aliphatic heterocycles. The van der Waals surface area contributed by atoms with E-state index in [1.807, 2.05) is 48.5 Å². The Kier molecular flexibility index (Phi) is 5.73. The van der Waals surface area contributed by atoms with E-state index in [0.29, 0.717) is 22.7 Å². The predicted octanol–water partition coefficient (Wildman–Crippen LogP) is 4.19. The lowest BCUT2D eigenvalue weighted by atomic mass is 10.2. The SMILES string of the molecule is CC(Sc1nnc(-c2ccccc2)o1)C(=O)NCc1ccccc1Cl. The predicted molar refractivity (Wildman–Crippen MR) is 98.4 cm³/mol. The van der Waals surface area contributed by atoms with Crippen LogP contribution in [0.25, 0.3) is 11.5 Å². The molecule has 1 atom stereocenters. The molecule has 1 aromatic heterocycles. The Balaban J connectivity index is 1.57. The number of rotatable bonds is 6. The molecule has 0 radical (unpaired) electrons. The number of hydrogen-bond donors (Lipinski definition) is 1. The Hall–Kier alpha value is -2.31. The van der Waals surface area contributed by atoms with Crippen molar-refractivity contribution in [3.05, 3.63) is 65.2 Å². The number of thioether (sulfide) groups is 1. The molecule has 1 unspecified atom stereocenters.